The Balaban J connectivity index is 1.84. The van der Waals surface area contributed by atoms with E-state index in [-0.39, 0.29) is 11.6 Å². The topological polar surface area (TPSA) is 68.0 Å². The van der Waals surface area contributed by atoms with Crippen LogP contribution in [0.5, 0.6) is 0 Å². The number of nitrogens with two attached hydrogens (primary N) is 1. The molecule has 0 saturated carbocycles. The summed E-state index contributed by atoms with van der Waals surface area (Å²) in [6.07, 6.45) is 0. The minimum Gasteiger partial charge on any atom is -0.382 e. The molecular weight excluding hydrogens is 442 g/mol. The highest BCUT2D eigenvalue weighted by Crippen LogP contribution is 2.30. The molecule has 116 valence electrons. The highest BCUT2D eigenvalue weighted by atomic mass is 79.9. The quantitative estimate of drug-likeness (QED) is 0.532. The van der Waals surface area contributed by atoms with Gasteiger partial charge in [0.1, 0.15) is 10.7 Å². The van der Waals surface area contributed by atoms with Crippen LogP contribution in [0.4, 0.5) is 16.6 Å². The summed E-state index contributed by atoms with van der Waals surface area (Å²) in [4.78, 5) is 17.2. The average molecular weight is 453 g/mol. The number of carbonyl (C=O) groups excluding carboxylic acids is 1. The Bertz CT molecular complexity index is 845. The largest absolute Gasteiger partial charge is 0.382 e. The molecule has 0 bridgehead atoms. The van der Waals surface area contributed by atoms with Gasteiger partial charge in [0.2, 0.25) is 5.78 Å². The second kappa shape index (κ2) is 6.82. The summed E-state index contributed by atoms with van der Waals surface area (Å²) in [7, 11) is 0. The molecule has 3 rings (SSSR count). The maximum Gasteiger partial charge on any atom is 0.206 e. The van der Waals surface area contributed by atoms with E-state index in [9.17, 15) is 4.79 Å². The summed E-state index contributed by atoms with van der Waals surface area (Å²) in [5, 5.41) is 3.74. The van der Waals surface area contributed by atoms with Crippen LogP contribution < -0.4 is 11.1 Å². The number of aromatic nitrogens is 1. The van der Waals surface area contributed by atoms with Crippen molar-refractivity contribution in [1.29, 1.82) is 0 Å². The molecule has 3 N–H and O–H groups in total. The molecule has 0 aliphatic rings. The Kier molecular flexibility index (Phi) is 4.79. The van der Waals surface area contributed by atoms with E-state index in [1.165, 1.54) is 11.3 Å². The number of benzene rings is 2. The molecule has 1 heterocycles. The van der Waals surface area contributed by atoms with Crippen LogP contribution in [0.2, 0.25) is 0 Å². The molecule has 0 spiro atoms. The SMILES string of the molecule is Nc1nc(Nc2ccc(Br)cc2)sc1C(=O)c1ccc(Br)cc1. The molecule has 4 nitrogen and oxygen atoms in total. The van der Waals surface area contributed by atoms with Crippen LogP contribution in [-0.2, 0) is 0 Å². The number of rotatable bonds is 4. The van der Waals surface area contributed by atoms with Crippen molar-refractivity contribution < 1.29 is 4.79 Å². The van der Waals surface area contributed by atoms with Gasteiger partial charge < -0.3 is 11.1 Å². The van der Waals surface area contributed by atoms with Crippen molar-refractivity contribution in [3.05, 3.63) is 67.9 Å². The van der Waals surface area contributed by atoms with E-state index in [1.54, 1.807) is 12.1 Å². The molecule has 0 atom stereocenters. The van der Waals surface area contributed by atoms with Crippen LogP contribution in [0.25, 0.3) is 0 Å². The van der Waals surface area contributed by atoms with Gasteiger partial charge in [-0.25, -0.2) is 4.98 Å². The summed E-state index contributed by atoms with van der Waals surface area (Å²) in [6, 6.07) is 14.8. The summed E-state index contributed by atoms with van der Waals surface area (Å²) >= 11 is 7.99. The third-order valence-electron chi connectivity index (χ3n) is 3.06. The van der Waals surface area contributed by atoms with Gasteiger partial charge in [-0.15, -0.1) is 0 Å². The fraction of sp³-hybridized carbons (Fsp3) is 0. The maximum atomic E-state index is 12.5. The van der Waals surface area contributed by atoms with Gasteiger partial charge in [-0.2, -0.15) is 0 Å². The Morgan fingerprint density at radius 2 is 1.57 bits per heavy atom. The van der Waals surface area contributed by atoms with Gasteiger partial charge in [-0.05, 0) is 48.5 Å². The third kappa shape index (κ3) is 3.80. The molecule has 0 amide bonds. The maximum absolute atomic E-state index is 12.5. The first-order valence-electron chi connectivity index (χ1n) is 6.62. The van der Waals surface area contributed by atoms with Gasteiger partial charge >= 0.3 is 0 Å². The summed E-state index contributed by atoms with van der Waals surface area (Å²) < 4.78 is 1.91. The molecule has 3 aromatic rings. The number of halogens is 2. The third-order valence-corrected chi connectivity index (χ3v) is 5.10. The second-order valence-corrected chi connectivity index (χ2v) is 7.53. The van der Waals surface area contributed by atoms with Crippen molar-refractivity contribution >= 4 is 65.6 Å². The number of thiazole rings is 1. The predicted molar refractivity (Wildman–Crippen MR) is 102 cm³/mol. The van der Waals surface area contributed by atoms with Gasteiger partial charge in [0.15, 0.2) is 5.13 Å². The molecule has 23 heavy (non-hydrogen) atoms. The molecule has 0 unspecified atom stereocenters. The van der Waals surface area contributed by atoms with Crippen LogP contribution in [0.3, 0.4) is 0 Å². The lowest BCUT2D eigenvalue weighted by molar-refractivity contribution is 0.104. The van der Waals surface area contributed by atoms with Crippen LogP contribution in [-0.4, -0.2) is 10.8 Å². The fourth-order valence-corrected chi connectivity index (χ4v) is 3.33. The van der Waals surface area contributed by atoms with E-state index in [2.05, 4.69) is 42.2 Å². The lowest BCUT2D eigenvalue weighted by Crippen LogP contribution is -2.02. The van der Waals surface area contributed by atoms with E-state index in [0.717, 1.165) is 14.6 Å². The number of anilines is 3. The Labute approximate surface area is 154 Å². The minimum absolute atomic E-state index is 0.128. The number of nitrogens with zero attached hydrogens (tertiary/aromatic N) is 1. The second-order valence-electron chi connectivity index (χ2n) is 4.70. The van der Waals surface area contributed by atoms with Crippen molar-refractivity contribution in [2.24, 2.45) is 0 Å². The molecule has 0 saturated heterocycles. The molecular formula is C16H11Br2N3OS. The zero-order valence-corrected chi connectivity index (χ0v) is 15.7. The predicted octanol–water partition coefficient (Wildman–Crippen LogP) is 5.22. The van der Waals surface area contributed by atoms with Gasteiger partial charge in [0, 0.05) is 20.2 Å². The van der Waals surface area contributed by atoms with Gasteiger partial charge in [0.25, 0.3) is 0 Å². The fourth-order valence-electron chi connectivity index (χ4n) is 1.94. The van der Waals surface area contributed by atoms with E-state index < -0.39 is 0 Å². The summed E-state index contributed by atoms with van der Waals surface area (Å²) in [5.41, 5.74) is 7.37. The molecule has 0 radical (unpaired) electrons. The molecule has 0 aliphatic carbocycles. The number of hydrogen-bond donors (Lipinski definition) is 2. The van der Waals surface area contributed by atoms with Crippen molar-refractivity contribution in [2.45, 2.75) is 0 Å². The van der Waals surface area contributed by atoms with Crippen LogP contribution in [0.15, 0.2) is 57.5 Å². The normalized spacial score (nSPS) is 10.5. The standard InChI is InChI=1S/C16H11Br2N3OS/c17-10-3-1-9(2-4-10)13(22)14-15(19)21-16(23-14)20-12-7-5-11(18)6-8-12/h1-8H,19H2,(H,20,21). The van der Waals surface area contributed by atoms with E-state index in [0.29, 0.717) is 15.6 Å². The lowest BCUT2D eigenvalue weighted by atomic mass is 10.1. The van der Waals surface area contributed by atoms with Crippen molar-refractivity contribution in [1.82, 2.24) is 4.98 Å². The first-order valence-corrected chi connectivity index (χ1v) is 9.02. The number of nitrogen functional groups attached to an aromatic ring is 1. The first kappa shape index (κ1) is 16.2. The Hall–Kier alpha value is -1.70. The first-order chi connectivity index (χ1) is 11.0. The Morgan fingerprint density at radius 1 is 1.00 bits per heavy atom. The van der Waals surface area contributed by atoms with E-state index in [4.69, 9.17) is 5.73 Å². The van der Waals surface area contributed by atoms with Gasteiger partial charge in [-0.3, -0.25) is 4.79 Å². The highest BCUT2D eigenvalue weighted by molar-refractivity contribution is 9.10. The van der Waals surface area contributed by atoms with Gasteiger partial charge in [0.05, 0.1) is 0 Å². The number of hydrogen-bond acceptors (Lipinski definition) is 5. The average Bonchev–Trinajstić information content (AvgIpc) is 2.90. The zero-order valence-electron chi connectivity index (χ0n) is 11.7. The minimum atomic E-state index is -0.128. The van der Waals surface area contributed by atoms with Crippen LogP contribution in [0.1, 0.15) is 15.2 Å². The number of ketones is 1. The molecule has 0 fully saturated rings. The van der Waals surface area contributed by atoms with Crippen molar-refractivity contribution in [3.8, 4) is 0 Å². The van der Waals surface area contributed by atoms with Crippen molar-refractivity contribution in [2.75, 3.05) is 11.1 Å². The summed E-state index contributed by atoms with van der Waals surface area (Å²) in [6.45, 7) is 0. The van der Waals surface area contributed by atoms with Crippen LogP contribution in [0, 0.1) is 0 Å². The number of nitrogens with one attached hydrogen (secondary N) is 1. The number of carbonyl (C=O) groups is 1. The van der Waals surface area contributed by atoms with Crippen LogP contribution >= 0.6 is 43.2 Å². The van der Waals surface area contributed by atoms with Crippen molar-refractivity contribution in [3.63, 3.8) is 0 Å². The smallest absolute Gasteiger partial charge is 0.206 e. The lowest BCUT2D eigenvalue weighted by Gasteiger charge is -2.01. The molecule has 1 aromatic heterocycles. The zero-order chi connectivity index (χ0) is 16.4. The van der Waals surface area contributed by atoms with Gasteiger partial charge in [-0.1, -0.05) is 43.2 Å². The molecule has 7 heteroatoms. The highest BCUT2D eigenvalue weighted by Gasteiger charge is 2.18. The molecule has 2 aromatic carbocycles. The van der Waals surface area contributed by atoms with E-state index >= 15 is 0 Å². The van der Waals surface area contributed by atoms with E-state index in [1.807, 2.05) is 36.4 Å². The monoisotopic (exact) mass is 451 g/mol. The molecule has 0 aliphatic heterocycles. The Morgan fingerprint density at radius 3 is 2.17 bits per heavy atom. The summed E-state index contributed by atoms with van der Waals surface area (Å²) in [5.74, 6) is 0.110.